The van der Waals surface area contributed by atoms with Gasteiger partial charge in [-0.1, -0.05) is 36.2 Å². The number of carbonyl (C=O) groups is 2. The zero-order chi connectivity index (χ0) is 24.7. The van der Waals surface area contributed by atoms with Crippen molar-refractivity contribution in [1.29, 1.82) is 0 Å². The van der Waals surface area contributed by atoms with E-state index in [0.717, 1.165) is 60.2 Å². The van der Waals surface area contributed by atoms with Crippen LogP contribution in [-0.2, 0) is 22.4 Å². The molecule has 3 aromatic rings. The Kier molecular flexibility index (Phi) is 6.26. The first-order valence-corrected chi connectivity index (χ1v) is 12.6. The first-order valence-electron chi connectivity index (χ1n) is 12.6. The third kappa shape index (κ3) is 4.28. The lowest BCUT2D eigenvalue weighted by Gasteiger charge is -2.34. The number of hydrogen-bond acceptors (Lipinski definition) is 4. The number of benzene rings is 2. The summed E-state index contributed by atoms with van der Waals surface area (Å²) in [6, 6.07) is 12.7. The number of rotatable bonds is 4. The van der Waals surface area contributed by atoms with E-state index in [4.69, 9.17) is 9.72 Å². The van der Waals surface area contributed by atoms with E-state index in [9.17, 15) is 14.7 Å². The summed E-state index contributed by atoms with van der Waals surface area (Å²) < 4.78 is 7.38. The minimum Gasteiger partial charge on any atom is -0.481 e. The van der Waals surface area contributed by atoms with Crippen molar-refractivity contribution in [3.05, 3.63) is 58.9 Å². The number of amides is 1. The van der Waals surface area contributed by atoms with Gasteiger partial charge in [-0.2, -0.15) is 0 Å². The van der Waals surface area contributed by atoms with E-state index in [1.165, 1.54) is 18.2 Å². The maximum atomic E-state index is 12.6. The van der Waals surface area contributed by atoms with Crippen LogP contribution in [0.4, 0.5) is 10.5 Å². The number of fused-ring (bicyclic) bond motifs is 3. The third-order valence-corrected chi connectivity index (χ3v) is 7.74. The Balaban J connectivity index is 1.65. The van der Waals surface area contributed by atoms with E-state index in [1.807, 2.05) is 13.0 Å². The van der Waals surface area contributed by atoms with Crippen molar-refractivity contribution >= 4 is 28.8 Å². The molecule has 3 atom stereocenters. The van der Waals surface area contributed by atoms with E-state index < -0.39 is 5.97 Å². The molecule has 1 N–H and O–H groups in total. The maximum Gasteiger partial charge on any atom is 0.414 e. The summed E-state index contributed by atoms with van der Waals surface area (Å²) in [6.45, 7) is 4.12. The highest BCUT2D eigenvalue weighted by molar-refractivity contribution is 5.95. The largest absolute Gasteiger partial charge is 0.481 e. The fourth-order valence-electron chi connectivity index (χ4n) is 5.87. The molecular formula is C28H33N3O4. The van der Waals surface area contributed by atoms with Crippen LogP contribution in [0.15, 0.2) is 36.4 Å². The maximum absolute atomic E-state index is 12.6. The summed E-state index contributed by atoms with van der Waals surface area (Å²) in [5.74, 6) is -0.0810. The van der Waals surface area contributed by atoms with Crippen molar-refractivity contribution in [2.24, 2.45) is 5.92 Å². The van der Waals surface area contributed by atoms with Crippen LogP contribution in [0.2, 0.25) is 0 Å². The summed E-state index contributed by atoms with van der Waals surface area (Å²) in [5.41, 5.74) is 6.27. The van der Waals surface area contributed by atoms with Crippen molar-refractivity contribution in [2.75, 3.05) is 12.0 Å². The molecule has 1 aliphatic heterocycles. The number of ether oxygens (including phenoxy) is 1. The molecule has 2 aromatic carbocycles. The van der Waals surface area contributed by atoms with Gasteiger partial charge < -0.3 is 14.4 Å². The molecule has 1 aliphatic carbocycles. The molecule has 1 saturated carbocycles. The minimum atomic E-state index is -0.709. The molecule has 184 valence electrons. The predicted molar refractivity (Wildman–Crippen MR) is 135 cm³/mol. The Bertz CT molecular complexity index is 1260. The molecule has 0 unspecified atom stereocenters. The van der Waals surface area contributed by atoms with Gasteiger partial charge in [0.05, 0.1) is 29.7 Å². The molecule has 7 heteroatoms. The molecule has 0 saturated heterocycles. The number of aliphatic carboxylic acids is 1. The van der Waals surface area contributed by atoms with Crippen molar-refractivity contribution in [2.45, 2.75) is 70.9 Å². The standard InChI is InChI=1S/C28H33N3O4/c1-17-7-10-19(11-8-17)15-25-29-26-22-12-9-18(2)30(28(34)35-3)23(22)13-14-24(26)31(25)21-6-4-5-20(16-21)27(32)33/h7-8,10-11,13-14,18,20-21H,4-6,9,12,15-16H2,1-3H3,(H,32,33)/t18-,20+,21+/m0/s1. The molecule has 35 heavy (non-hydrogen) atoms. The van der Waals surface area contributed by atoms with E-state index in [2.05, 4.69) is 41.8 Å². The fourth-order valence-corrected chi connectivity index (χ4v) is 5.87. The van der Waals surface area contributed by atoms with E-state index in [-0.39, 0.29) is 24.1 Å². The summed E-state index contributed by atoms with van der Waals surface area (Å²) in [6.07, 6.45) is 5.18. The molecule has 1 amide bonds. The Morgan fingerprint density at radius 3 is 2.60 bits per heavy atom. The number of imidazole rings is 1. The lowest BCUT2D eigenvalue weighted by atomic mass is 9.85. The van der Waals surface area contributed by atoms with Crippen molar-refractivity contribution in [3.63, 3.8) is 0 Å². The molecule has 0 radical (unpaired) electrons. The van der Waals surface area contributed by atoms with Crippen molar-refractivity contribution < 1.29 is 19.4 Å². The summed E-state index contributed by atoms with van der Waals surface area (Å²) >= 11 is 0. The van der Waals surface area contributed by atoms with Gasteiger partial charge in [0.1, 0.15) is 5.82 Å². The van der Waals surface area contributed by atoms with Gasteiger partial charge in [-0.25, -0.2) is 9.78 Å². The minimum absolute atomic E-state index is 0.0520. The van der Waals surface area contributed by atoms with Gasteiger partial charge in [-0.15, -0.1) is 0 Å². The molecule has 0 spiro atoms. The number of nitrogens with zero attached hydrogens (tertiary/aromatic N) is 3. The summed E-state index contributed by atoms with van der Waals surface area (Å²) in [4.78, 5) is 31.3. The Labute approximate surface area is 205 Å². The molecular weight excluding hydrogens is 442 g/mol. The molecule has 2 aliphatic rings. The highest BCUT2D eigenvalue weighted by Crippen LogP contribution is 2.40. The van der Waals surface area contributed by atoms with Gasteiger partial charge in [0.2, 0.25) is 0 Å². The van der Waals surface area contributed by atoms with Gasteiger partial charge >= 0.3 is 12.1 Å². The average molecular weight is 476 g/mol. The fraction of sp³-hybridized carbons (Fsp3) is 0.464. The van der Waals surface area contributed by atoms with Crippen LogP contribution in [0.5, 0.6) is 0 Å². The first-order chi connectivity index (χ1) is 16.9. The number of hydrogen-bond donors (Lipinski definition) is 1. The quantitative estimate of drug-likeness (QED) is 0.526. The molecule has 2 heterocycles. The normalized spacial score (nSPS) is 22.1. The van der Waals surface area contributed by atoms with Gasteiger partial charge in [0.25, 0.3) is 0 Å². The van der Waals surface area contributed by atoms with Crippen molar-refractivity contribution in [1.82, 2.24) is 9.55 Å². The summed E-state index contributed by atoms with van der Waals surface area (Å²) in [5, 5.41) is 9.71. The van der Waals surface area contributed by atoms with Crippen LogP contribution in [-0.4, -0.2) is 39.9 Å². The average Bonchev–Trinajstić information content (AvgIpc) is 3.23. The highest BCUT2D eigenvalue weighted by Gasteiger charge is 2.34. The lowest BCUT2D eigenvalue weighted by molar-refractivity contribution is -0.143. The van der Waals surface area contributed by atoms with E-state index in [1.54, 1.807) is 4.90 Å². The number of aromatic nitrogens is 2. The topological polar surface area (TPSA) is 84.7 Å². The number of carbonyl (C=O) groups excluding carboxylic acids is 1. The molecule has 7 nitrogen and oxygen atoms in total. The predicted octanol–water partition coefficient (Wildman–Crippen LogP) is 5.66. The highest BCUT2D eigenvalue weighted by atomic mass is 16.5. The van der Waals surface area contributed by atoms with Gasteiger partial charge in [-0.3, -0.25) is 9.69 Å². The van der Waals surface area contributed by atoms with Crippen LogP contribution < -0.4 is 4.90 Å². The molecule has 5 rings (SSSR count). The number of aryl methyl sites for hydroxylation is 2. The molecule has 1 fully saturated rings. The smallest absolute Gasteiger partial charge is 0.414 e. The second kappa shape index (κ2) is 9.36. The van der Waals surface area contributed by atoms with Crippen LogP contribution in [0.25, 0.3) is 11.0 Å². The number of anilines is 1. The second-order valence-corrected chi connectivity index (χ2v) is 10.1. The third-order valence-electron chi connectivity index (χ3n) is 7.74. The molecule has 1 aromatic heterocycles. The number of carboxylic acids is 1. The van der Waals surface area contributed by atoms with Gasteiger partial charge in [0, 0.05) is 24.1 Å². The van der Waals surface area contributed by atoms with E-state index in [0.29, 0.717) is 12.8 Å². The number of carboxylic acid groups (broad SMARTS) is 1. The zero-order valence-corrected chi connectivity index (χ0v) is 20.7. The Hall–Kier alpha value is -3.35. The van der Waals surface area contributed by atoms with Crippen molar-refractivity contribution in [3.8, 4) is 0 Å². The zero-order valence-electron chi connectivity index (χ0n) is 20.7. The van der Waals surface area contributed by atoms with Gasteiger partial charge in [0.15, 0.2) is 0 Å². The van der Waals surface area contributed by atoms with Gasteiger partial charge in [-0.05, 0) is 63.6 Å². The first kappa shape index (κ1) is 23.4. The SMILES string of the molecule is COC(=O)N1c2ccc3c(nc(Cc4ccc(C)cc4)n3[C@@H]3CCC[C@@H](C(=O)O)C3)c2CC[C@@H]1C. The van der Waals surface area contributed by atoms with Crippen LogP contribution in [0, 0.1) is 12.8 Å². The Morgan fingerprint density at radius 2 is 1.89 bits per heavy atom. The lowest BCUT2D eigenvalue weighted by Crippen LogP contribution is -2.42. The van der Waals surface area contributed by atoms with E-state index >= 15 is 0 Å². The van der Waals surface area contributed by atoms with Crippen LogP contribution in [0.3, 0.4) is 0 Å². The monoisotopic (exact) mass is 475 g/mol. The number of methoxy groups -OCH3 is 1. The second-order valence-electron chi connectivity index (χ2n) is 10.1. The van der Waals surface area contributed by atoms with Crippen LogP contribution in [0.1, 0.15) is 67.6 Å². The van der Waals surface area contributed by atoms with Crippen LogP contribution >= 0.6 is 0 Å². The Morgan fingerprint density at radius 1 is 1.11 bits per heavy atom. The summed E-state index contributed by atoms with van der Waals surface area (Å²) in [7, 11) is 1.41. The molecule has 0 bridgehead atoms.